The van der Waals surface area contributed by atoms with E-state index in [1.54, 1.807) is 10.4 Å². The average molecular weight is 465 g/mol. The van der Waals surface area contributed by atoms with Crippen LogP contribution in [0.1, 0.15) is 63.8 Å². The van der Waals surface area contributed by atoms with Crippen LogP contribution in [0.25, 0.3) is 0 Å². The summed E-state index contributed by atoms with van der Waals surface area (Å²) in [6.07, 6.45) is 4.74. The van der Waals surface area contributed by atoms with Crippen LogP contribution in [0.2, 0.25) is 5.04 Å². The van der Waals surface area contributed by atoms with E-state index < -0.39 is 8.07 Å². The molecule has 2 atom stereocenters. The summed E-state index contributed by atoms with van der Waals surface area (Å²) in [6, 6.07) is 26.0. The SMILES string of the molecule is CCc1cc(CC)cc([Si](c2ccccc2)(c2cccc(C)c2C)C2(C)C=C(C)C(C)=C2C)c1. The molecule has 1 heteroatoms. The molecule has 0 aliphatic heterocycles. The number of hydrogen-bond donors (Lipinski definition) is 0. The highest BCUT2D eigenvalue weighted by molar-refractivity contribution is 7.14. The van der Waals surface area contributed by atoms with Crippen LogP contribution in [-0.2, 0) is 12.8 Å². The molecule has 0 radical (unpaired) electrons. The van der Waals surface area contributed by atoms with E-state index in [9.17, 15) is 0 Å². The van der Waals surface area contributed by atoms with E-state index in [0.29, 0.717) is 0 Å². The minimum atomic E-state index is -2.57. The molecule has 1 aliphatic rings. The van der Waals surface area contributed by atoms with Gasteiger partial charge in [-0.15, -0.1) is 0 Å². The molecule has 2 unspecified atom stereocenters. The second kappa shape index (κ2) is 9.19. The highest BCUT2D eigenvalue weighted by atomic mass is 28.3. The second-order valence-electron chi connectivity index (χ2n) is 10.4. The van der Waals surface area contributed by atoms with E-state index in [4.69, 9.17) is 0 Å². The molecule has 0 fully saturated rings. The Kier molecular flexibility index (Phi) is 6.62. The van der Waals surface area contributed by atoms with Gasteiger partial charge >= 0.3 is 0 Å². The van der Waals surface area contributed by atoms with Gasteiger partial charge in [-0.2, -0.15) is 0 Å². The standard InChI is InChI=1S/C33H40Si/c1-9-28-19-29(10-2)21-31(20-28)34(30-16-12-11-13-17-30,32-18-14-15-23(3)26(32)6)33(8)22-24(4)25(5)27(33)7/h11-22H,9-10H2,1-8H3. The van der Waals surface area contributed by atoms with Gasteiger partial charge in [0.1, 0.15) is 0 Å². The predicted octanol–water partition coefficient (Wildman–Crippen LogP) is 6.96. The molecule has 4 rings (SSSR count). The molecular weight excluding hydrogens is 424 g/mol. The lowest BCUT2D eigenvalue weighted by molar-refractivity contribution is 0.869. The Morgan fingerprint density at radius 3 is 1.85 bits per heavy atom. The highest BCUT2D eigenvalue weighted by Crippen LogP contribution is 2.53. The van der Waals surface area contributed by atoms with E-state index in [1.165, 1.54) is 44.2 Å². The Morgan fingerprint density at radius 2 is 1.32 bits per heavy atom. The first kappa shape index (κ1) is 24.5. The van der Waals surface area contributed by atoms with Crippen LogP contribution >= 0.6 is 0 Å². The van der Waals surface area contributed by atoms with Crippen molar-refractivity contribution in [2.45, 2.75) is 73.3 Å². The Hall–Kier alpha value is -2.64. The number of aryl methyl sites for hydroxylation is 3. The largest absolute Gasteiger partial charge is 0.162 e. The van der Waals surface area contributed by atoms with E-state index in [1.807, 2.05) is 0 Å². The maximum Gasteiger partial charge on any atom is 0.162 e. The van der Waals surface area contributed by atoms with E-state index in [0.717, 1.165) is 12.8 Å². The molecule has 0 N–H and O–H groups in total. The minimum absolute atomic E-state index is 0.0571. The monoisotopic (exact) mass is 464 g/mol. The second-order valence-corrected chi connectivity index (χ2v) is 14.6. The van der Waals surface area contributed by atoms with E-state index >= 15 is 0 Å². The molecule has 176 valence electrons. The van der Waals surface area contributed by atoms with Gasteiger partial charge in [-0.1, -0.05) is 105 Å². The quantitative estimate of drug-likeness (QED) is 0.273. The smallest absolute Gasteiger partial charge is 0.0730 e. The molecule has 34 heavy (non-hydrogen) atoms. The van der Waals surface area contributed by atoms with Crippen LogP contribution in [0.4, 0.5) is 0 Å². The number of benzene rings is 3. The Balaban J connectivity index is 2.28. The van der Waals surface area contributed by atoms with E-state index in [-0.39, 0.29) is 5.04 Å². The lowest BCUT2D eigenvalue weighted by atomic mass is 10.0. The van der Waals surface area contributed by atoms with Gasteiger partial charge in [0.25, 0.3) is 0 Å². The third kappa shape index (κ3) is 3.57. The Bertz CT molecular complexity index is 1250. The van der Waals surface area contributed by atoms with Crippen LogP contribution in [0, 0.1) is 13.8 Å². The van der Waals surface area contributed by atoms with Crippen molar-refractivity contribution >= 4 is 23.6 Å². The van der Waals surface area contributed by atoms with Gasteiger partial charge in [-0.05, 0) is 90.8 Å². The molecule has 1 aliphatic carbocycles. The summed E-state index contributed by atoms with van der Waals surface area (Å²) in [5.74, 6) is 0. The van der Waals surface area contributed by atoms with Crippen molar-refractivity contribution in [1.82, 2.24) is 0 Å². The van der Waals surface area contributed by atoms with Crippen molar-refractivity contribution in [3.63, 3.8) is 0 Å². The number of hydrogen-bond acceptors (Lipinski definition) is 0. The molecule has 0 aromatic heterocycles. The van der Waals surface area contributed by atoms with Crippen molar-refractivity contribution in [3.8, 4) is 0 Å². The molecule has 0 heterocycles. The fraction of sp³-hybridized carbons (Fsp3) is 0.333. The summed E-state index contributed by atoms with van der Waals surface area (Å²) in [6.45, 7) is 18.8. The first-order chi connectivity index (χ1) is 16.2. The Labute approximate surface area is 208 Å². The van der Waals surface area contributed by atoms with E-state index in [2.05, 4.69) is 128 Å². The maximum absolute atomic E-state index is 2.61. The first-order valence-electron chi connectivity index (χ1n) is 12.8. The normalized spacial score (nSPS) is 19.8. The van der Waals surface area contributed by atoms with Crippen molar-refractivity contribution in [2.24, 2.45) is 0 Å². The van der Waals surface area contributed by atoms with Crippen molar-refractivity contribution < 1.29 is 0 Å². The first-order valence-corrected chi connectivity index (χ1v) is 14.8. The molecule has 3 aromatic rings. The third-order valence-electron chi connectivity index (χ3n) is 8.73. The molecular formula is C33H40Si. The van der Waals surface area contributed by atoms with Gasteiger partial charge < -0.3 is 0 Å². The van der Waals surface area contributed by atoms with Crippen molar-refractivity contribution in [1.29, 1.82) is 0 Å². The van der Waals surface area contributed by atoms with Gasteiger partial charge in [0.15, 0.2) is 8.07 Å². The third-order valence-corrected chi connectivity index (χ3v) is 14.5. The van der Waals surface area contributed by atoms with Gasteiger partial charge in [0, 0.05) is 5.04 Å². The van der Waals surface area contributed by atoms with Crippen molar-refractivity contribution in [3.05, 3.63) is 112 Å². The van der Waals surface area contributed by atoms with Crippen molar-refractivity contribution in [2.75, 3.05) is 0 Å². The zero-order valence-electron chi connectivity index (χ0n) is 22.3. The number of allylic oxidation sites excluding steroid dienone is 4. The molecule has 0 spiro atoms. The average Bonchev–Trinajstić information content (AvgIpc) is 3.05. The Morgan fingerprint density at radius 1 is 0.706 bits per heavy atom. The number of rotatable bonds is 6. The zero-order valence-corrected chi connectivity index (χ0v) is 23.3. The summed E-state index contributed by atoms with van der Waals surface area (Å²) in [7, 11) is -2.57. The summed E-state index contributed by atoms with van der Waals surface area (Å²) in [5.41, 5.74) is 10.2. The van der Waals surface area contributed by atoms with Crippen LogP contribution in [0.3, 0.4) is 0 Å². The minimum Gasteiger partial charge on any atom is -0.0730 e. The van der Waals surface area contributed by atoms with Crippen LogP contribution in [0.5, 0.6) is 0 Å². The highest BCUT2D eigenvalue weighted by Gasteiger charge is 2.56. The molecule has 0 nitrogen and oxygen atoms in total. The van der Waals surface area contributed by atoms with Crippen LogP contribution < -0.4 is 15.6 Å². The van der Waals surface area contributed by atoms with Crippen LogP contribution in [-0.4, -0.2) is 8.07 Å². The molecule has 0 bridgehead atoms. The lowest BCUT2D eigenvalue weighted by Crippen LogP contribution is -2.73. The summed E-state index contributed by atoms with van der Waals surface area (Å²) < 4.78 is 0. The topological polar surface area (TPSA) is 0 Å². The molecule has 0 saturated heterocycles. The zero-order chi connectivity index (χ0) is 24.7. The molecule has 3 aromatic carbocycles. The van der Waals surface area contributed by atoms with Gasteiger partial charge in [0.05, 0.1) is 0 Å². The van der Waals surface area contributed by atoms with Gasteiger partial charge in [0.2, 0.25) is 0 Å². The lowest BCUT2D eigenvalue weighted by Gasteiger charge is -2.48. The summed E-state index contributed by atoms with van der Waals surface area (Å²) in [4.78, 5) is 0. The maximum atomic E-state index is 2.61. The summed E-state index contributed by atoms with van der Waals surface area (Å²) in [5, 5.41) is 4.54. The van der Waals surface area contributed by atoms with Crippen LogP contribution in [0.15, 0.2) is 89.5 Å². The predicted molar refractivity (Wildman–Crippen MR) is 153 cm³/mol. The molecule has 0 amide bonds. The fourth-order valence-electron chi connectivity index (χ4n) is 6.31. The summed E-state index contributed by atoms with van der Waals surface area (Å²) >= 11 is 0. The fourth-order valence-corrected chi connectivity index (χ4v) is 12.8. The van der Waals surface area contributed by atoms with Gasteiger partial charge in [-0.25, -0.2) is 0 Å². The molecule has 0 saturated carbocycles. The van der Waals surface area contributed by atoms with Gasteiger partial charge in [-0.3, -0.25) is 0 Å².